The fraction of sp³-hybridized carbons (Fsp3) is 0.190. The van der Waals surface area contributed by atoms with E-state index in [1.54, 1.807) is 12.3 Å². The molecule has 1 aromatic heterocycles. The third kappa shape index (κ3) is 4.06. The molecule has 0 bridgehead atoms. The molecule has 2 aromatic carbocycles. The molecule has 0 aliphatic rings. The lowest BCUT2D eigenvalue weighted by Gasteiger charge is -2.10. The third-order valence-electron chi connectivity index (χ3n) is 4.28. The summed E-state index contributed by atoms with van der Waals surface area (Å²) >= 11 is 0. The molecule has 5 nitrogen and oxygen atoms in total. The number of carbonyl (C=O) groups excluding carboxylic acids is 1. The predicted octanol–water partition coefficient (Wildman–Crippen LogP) is 4.71. The zero-order chi connectivity index (χ0) is 18.7. The molecular formula is C21H22N4O. The largest absolute Gasteiger partial charge is 0.324 e. The summed E-state index contributed by atoms with van der Waals surface area (Å²) in [6.07, 6.45) is 1.58. The van der Waals surface area contributed by atoms with E-state index in [1.807, 2.05) is 50.2 Å². The van der Waals surface area contributed by atoms with Gasteiger partial charge in [0.1, 0.15) is 5.69 Å². The lowest BCUT2D eigenvalue weighted by molar-refractivity contribution is 0.102. The van der Waals surface area contributed by atoms with Crippen LogP contribution in [-0.2, 0) is 0 Å². The first kappa shape index (κ1) is 17.6. The van der Waals surface area contributed by atoms with E-state index < -0.39 is 0 Å². The highest BCUT2D eigenvalue weighted by molar-refractivity contribution is 6.03. The number of anilines is 3. The average Bonchev–Trinajstić information content (AvgIpc) is 2.61. The molecule has 0 saturated heterocycles. The van der Waals surface area contributed by atoms with Crippen LogP contribution >= 0.6 is 0 Å². The van der Waals surface area contributed by atoms with Crippen LogP contribution in [0.2, 0.25) is 0 Å². The van der Waals surface area contributed by atoms with Gasteiger partial charge >= 0.3 is 0 Å². The monoisotopic (exact) mass is 346 g/mol. The summed E-state index contributed by atoms with van der Waals surface area (Å²) in [5, 5.41) is 6.05. The number of nitrogens with zero attached hydrogens (tertiary/aromatic N) is 2. The van der Waals surface area contributed by atoms with E-state index in [4.69, 9.17) is 0 Å². The molecule has 0 unspecified atom stereocenters. The van der Waals surface area contributed by atoms with Gasteiger partial charge in [-0.25, -0.2) is 9.97 Å². The Hall–Kier alpha value is -3.21. The molecule has 0 spiro atoms. The first-order valence-corrected chi connectivity index (χ1v) is 8.48. The molecular weight excluding hydrogens is 324 g/mol. The number of rotatable bonds is 4. The molecule has 1 amide bonds. The average molecular weight is 346 g/mol. The van der Waals surface area contributed by atoms with Gasteiger partial charge in [-0.2, -0.15) is 0 Å². The van der Waals surface area contributed by atoms with E-state index in [9.17, 15) is 4.79 Å². The normalized spacial score (nSPS) is 10.5. The minimum absolute atomic E-state index is 0.262. The highest BCUT2D eigenvalue weighted by Gasteiger charge is 2.11. The van der Waals surface area contributed by atoms with E-state index in [2.05, 4.69) is 34.4 Å². The van der Waals surface area contributed by atoms with E-state index in [0.29, 0.717) is 11.6 Å². The van der Waals surface area contributed by atoms with Crippen molar-refractivity contribution in [3.05, 3.63) is 76.6 Å². The maximum atomic E-state index is 12.5. The van der Waals surface area contributed by atoms with Gasteiger partial charge in [-0.05, 0) is 68.7 Å². The van der Waals surface area contributed by atoms with Crippen LogP contribution in [0.3, 0.4) is 0 Å². The van der Waals surface area contributed by atoms with Crippen molar-refractivity contribution in [1.29, 1.82) is 0 Å². The van der Waals surface area contributed by atoms with Gasteiger partial charge < -0.3 is 10.6 Å². The van der Waals surface area contributed by atoms with Gasteiger partial charge in [-0.15, -0.1) is 0 Å². The molecule has 2 N–H and O–H groups in total. The Balaban J connectivity index is 1.77. The Labute approximate surface area is 153 Å². The molecule has 132 valence electrons. The molecule has 0 atom stereocenters. The molecule has 0 saturated carbocycles. The maximum absolute atomic E-state index is 12.5. The topological polar surface area (TPSA) is 66.9 Å². The third-order valence-corrected chi connectivity index (χ3v) is 4.28. The van der Waals surface area contributed by atoms with E-state index in [0.717, 1.165) is 22.5 Å². The summed E-state index contributed by atoms with van der Waals surface area (Å²) in [5.41, 5.74) is 6.55. The van der Waals surface area contributed by atoms with Crippen LogP contribution in [-0.4, -0.2) is 15.9 Å². The van der Waals surface area contributed by atoms with Crippen LogP contribution in [0.15, 0.2) is 48.7 Å². The van der Waals surface area contributed by atoms with Crippen LogP contribution in [0.5, 0.6) is 0 Å². The lowest BCUT2D eigenvalue weighted by Crippen LogP contribution is -2.15. The molecule has 3 aromatic rings. The summed E-state index contributed by atoms with van der Waals surface area (Å²) in [7, 11) is 0. The van der Waals surface area contributed by atoms with Crippen molar-refractivity contribution in [2.45, 2.75) is 27.7 Å². The Morgan fingerprint density at radius 3 is 2.42 bits per heavy atom. The van der Waals surface area contributed by atoms with E-state index in [1.165, 1.54) is 11.1 Å². The van der Waals surface area contributed by atoms with E-state index >= 15 is 0 Å². The van der Waals surface area contributed by atoms with Crippen LogP contribution < -0.4 is 10.6 Å². The van der Waals surface area contributed by atoms with Crippen LogP contribution in [0.25, 0.3) is 0 Å². The molecule has 3 rings (SSSR count). The number of hydrogen-bond donors (Lipinski definition) is 2. The Bertz CT molecular complexity index is 966. The summed E-state index contributed by atoms with van der Waals surface area (Å²) in [4.78, 5) is 21.1. The zero-order valence-corrected chi connectivity index (χ0v) is 15.4. The van der Waals surface area contributed by atoms with Crippen LogP contribution in [0.1, 0.15) is 32.7 Å². The minimum Gasteiger partial charge on any atom is -0.324 e. The van der Waals surface area contributed by atoms with Crippen molar-refractivity contribution in [3.8, 4) is 0 Å². The lowest BCUT2D eigenvalue weighted by atomic mass is 10.1. The number of aryl methyl sites for hydroxylation is 4. The van der Waals surface area contributed by atoms with Gasteiger partial charge in [-0.1, -0.05) is 23.8 Å². The van der Waals surface area contributed by atoms with E-state index in [-0.39, 0.29) is 5.91 Å². The van der Waals surface area contributed by atoms with Gasteiger partial charge in [0.05, 0.1) is 0 Å². The second-order valence-corrected chi connectivity index (χ2v) is 6.46. The number of aromatic nitrogens is 2. The maximum Gasteiger partial charge on any atom is 0.274 e. The number of hydrogen-bond acceptors (Lipinski definition) is 4. The molecule has 26 heavy (non-hydrogen) atoms. The minimum atomic E-state index is -0.262. The number of amides is 1. The zero-order valence-electron chi connectivity index (χ0n) is 15.4. The number of carbonyl (C=O) groups is 1. The molecule has 5 heteroatoms. The van der Waals surface area contributed by atoms with Crippen LogP contribution in [0, 0.1) is 27.7 Å². The van der Waals surface area contributed by atoms with Crippen molar-refractivity contribution in [2.75, 3.05) is 10.6 Å². The highest BCUT2D eigenvalue weighted by Crippen LogP contribution is 2.19. The summed E-state index contributed by atoms with van der Waals surface area (Å²) in [6, 6.07) is 13.5. The van der Waals surface area contributed by atoms with Gasteiger partial charge in [0.15, 0.2) is 0 Å². The first-order valence-electron chi connectivity index (χ1n) is 8.48. The fourth-order valence-corrected chi connectivity index (χ4v) is 2.63. The van der Waals surface area contributed by atoms with Gasteiger partial charge in [0, 0.05) is 17.6 Å². The summed E-state index contributed by atoms with van der Waals surface area (Å²) < 4.78 is 0. The quantitative estimate of drug-likeness (QED) is 0.718. The Morgan fingerprint density at radius 1 is 0.885 bits per heavy atom. The van der Waals surface area contributed by atoms with Gasteiger partial charge in [-0.3, -0.25) is 4.79 Å². The first-order chi connectivity index (χ1) is 12.4. The number of benzene rings is 2. The predicted molar refractivity (Wildman–Crippen MR) is 105 cm³/mol. The van der Waals surface area contributed by atoms with Crippen LogP contribution in [0.4, 0.5) is 17.3 Å². The smallest absolute Gasteiger partial charge is 0.274 e. The fourth-order valence-electron chi connectivity index (χ4n) is 2.63. The molecule has 1 heterocycles. The SMILES string of the molecule is Cc1ccc(NC(=O)c2ccnc(Nc3ccc(C)c(C)c3)n2)c(C)c1. The molecule has 0 aliphatic carbocycles. The van der Waals surface area contributed by atoms with Gasteiger partial charge in [0.2, 0.25) is 5.95 Å². The number of nitrogens with one attached hydrogen (secondary N) is 2. The molecule has 0 fully saturated rings. The summed E-state index contributed by atoms with van der Waals surface area (Å²) in [5.74, 6) is 0.129. The Kier molecular flexibility index (Phi) is 4.98. The standard InChI is InChI=1S/C21H22N4O/c1-13-5-8-18(16(4)11-13)24-20(26)19-9-10-22-21(25-19)23-17-7-6-14(2)15(3)12-17/h5-12H,1-4H3,(H,24,26)(H,22,23,25). The van der Waals surface area contributed by atoms with Crippen molar-refractivity contribution >= 4 is 23.2 Å². The van der Waals surface area contributed by atoms with Crippen molar-refractivity contribution in [2.24, 2.45) is 0 Å². The van der Waals surface area contributed by atoms with Crippen molar-refractivity contribution in [1.82, 2.24) is 9.97 Å². The molecule has 0 aliphatic heterocycles. The highest BCUT2D eigenvalue weighted by atomic mass is 16.1. The van der Waals surface area contributed by atoms with Crippen molar-refractivity contribution < 1.29 is 4.79 Å². The summed E-state index contributed by atoms with van der Waals surface area (Å²) in [6.45, 7) is 8.10. The second-order valence-electron chi connectivity index (χ2n) is 6.46. The Morgan fingerprint density at radius 2 is 1.69 bits per heavy atom. The van der Waals surface area contributed by atoms with Crippen molar-refractivity contribution in [3.63, 3.8) is 0 Å². The molecule has 0 radical (unpaired) electrons. The second kappa shape index (κ2) is 7.35. The van der Waals surface area contributed by atoms with Gasteiger partial charge in [0.25, 0.3) is 5.91 Å².